The Morgan fingerprint density at radius 1 is 1.53 bits per heavy atom. The summed E-state index contributed by atoms with van der Waals surface area (Å²) in [6.07, 6.45) is 2.25. The Bertz CT molecular complexity index is 437. The second kappa shape index (κ2) is 4.02. The lowest BCUT2D eigenvalue weighted by Gasteiger charge is -2.27. The molecule has 1 amide bonds. The fraction of sp³-hybridized carbons (Fsp3) is 0.538. The number of rotatable bonds is 0. The van der Waals surface area contributed by atoms with Crippen LogP contribution in [0.15, 0.2) is 18.3 Å². The van der Waals surface area contributed by atoms with Crippen molar-refractivity contribution in [1.29, 1.82) is 0 Å². The summed E-state index contributed by atoms with van der Waals surface area (Å²) in [7, 11) is 0. The smallest absolute Gasteiger partial charge is 0.415 e. The van der Waals surface area contributed by atoms with Gasteiger partial charge in [-0.2, -0.15) is 0 Å². The molecule has 0 radical (unpaired) electrons. The van der Waals surface area contributed by atoms with Gasteiger partial charge in [0.2, 0.25) is 0 Å². The summed E-state index contributed by atoms with van der Waals surface area (Å²) in [6.45, 7) is 7.62. The first-order valence-corrected chi connectivity index (χ1v) is 5.84. The molecule has 1 aromatic rings. The van der Waals surface area contributed by atoms with Crippen molar-refractivity contribution in [2.75, 3.05) is 4.90 Å². The van der Waals surface area contributed by atoms with E-state index in [2.05, 4.69) is 4.98 Å². The Labute approximate surface area is 102 Å². The van der Waals surface area contributed by atoms with Crippen molar-refractivity contribution < 1.29 is 9.53 Å². The molecule has 0 saturated heterocycles. The molecular weight excluding hydrogens is 216 g/mol. The third-order valence-electron chi connectivity index (χ3n) is 2.65. The summed E-state index contributed by atoms with van der Waals surface area (Å²) in [5, 5.41) is 0. The van der Waals surface area contributed by atoms with Gasteiger partial charge in [0.15, 0.2) is 0 Å². The zero-order chi connectivity index (χ0) is 12.6. The lowest BCUT2D eigenvalue weighted by atomic mass is 10.2. The van der Waals surface area contributed by atoms with Crippen LogP contribution in [0, 0.1) is 0 Å². The van der Waals surface area contributed by atoms with E-state index in [0.29, 0.717) is 0 Å². The molecule has 0 N–H and O–H groups in total. The van der Waals surface area contributed by atoms with Crippen LogP contribution < -0.4 is 4.90 Å². The van der Waals surface area contributed by atoms with E-state index in [1.807, 2.05) is 39.8 Å². The van der Waals surface area contributed by atoms with E-state index in [1.54, 1.807) is 11.1 Å². The molecule has 1 atom stereocenters. The number of carbonyl (C=O) groups is 1. The number of ether oxygens (including phenoxy) is 1. The Balaban J connectivity index is 2.25. The molecule has 4 nitrogen and oxygen atoms in total. The number of amides is 1. The Hall–Kier alpha value is -1.58. The van der Waals surface area contributed by atoms with Gasteiger partial charge >= 0.3 is 6.09 Å². The quantitative estimate of drug-likeness (QED) is 0.693. The number of pyridine rings is 1. The molecule has 0 aromatic carbocycles. The Morgan fingerprint density at radius 3 is 2.88 bits per heavy atom. The molecule has 1 aliphatic heterocycles. The van der Waals surface area contributed by atoms with E-state index in [1.165, 1.54) is 0 Å². The SMILES string of the molecule is C[C@H]1Cc2ncccc2N1C(=O)OC(C)(C)C. The summed E-state index contributed by atoms with van der Waals surface area (Å²) in [5.74, 6) is 0. The zero-order valence-corrected chi connectivity index (χ0v) is 10.7. The van der Waals surface area contributed by atoms with Crippen LogP contribution in [0.3, 0.4) is 0 Å². The second-order valence-electron chi connectivity index (χ2n) is 5.37. The van der Waals surface area contributed by atoms with Gasteiger partial charge in [0.05, 0.1) is 11.4 Å². The van der Waals surface area contributed by atoms with E-state index in [0.717, 1.165) is 17.8 Å². The lowest BCUT2D eigenvalue weighted by Crippen LogP contribution is -2.40. The van der Waals surface area contributed by atoms with Crippen molar-refractivity contribution in [1.82, 2.24) is 4.98 Å². The van der Waals surface area contributed by atoms with Gasteiger partial charge < -0.3 is 4.74 Å². The number of aromatic nitrogens is 1. The maximum Gasteiger partial charge on any atom is 0.415 e. The molecule has 17 heavy (non-hydrogen) atoms. The van der Waals surface area contributed by atoms with Gasteiger partial charge in [-0.15, -0.1) is 0 Å². The minimum Gasteiger partial charge on any atom is -0.443 e. The van der Waals surface area contributed by atoms with Gasteiger partial charge in [0, 0.05) is 18.7 Å². The van der Waals surface area contributed by atoms with E-state index < -0.39 is 5.60 Å². The molecule has 0 aliphatic carbocycles. The average molecular weight is 234 g/mol. The monoisotopic (exact) mass is 234 g/mol. The van der Waals surface area contributed by atoms with Gasteiger partial charge in [-0.25, -0.2) is 4.79 Å². The summed E-state index contributed by atoms with van der Waals surface area (Å²) >= 11 is 0. The molecule has 92 valence electrons. The molecule has 1 aromatic heterocycles. The van der Waals surface area contributed by atoms with Gasteiger partial charge in [0.1, 0.15) is 5.60 Å². The maximum absolute atomic E-state index is 12.1. The number of hydrogen-bond acceptors (Lipinski definition) is 3. The minimum absolute atomic E-state index is 0.106. The number of nitrogens with zero attached hydrogens (tertiary/aromatic N) is 2. The Morgan fingerprint density at radius 2 is 2.24 bits per heavy atom. The fourth-order valence-corrected chi connectivity index (χ4v) is 2.00. The number of carbonyl (C=O) groups excluding carboxylic acids is 1. The third kappa shape index (κ3) is 2.40. The van der Waals surface area contributed by atoms with Crippen LogP contribution in [0.5, 0.6) is 0 Å². The van der Waals surface area contributed by atoms with Crippen molar-refractivity contribution in [2.45, 2.75) is 45.8 Å². The molecule has 0 spiro atoms. The van der Waals surface area contributed by atoms with Crippen LogP contribution in [0.1, 0.15) is 33.4 Å². The molecule has 0 fully saturated rings. The first kappa shape index (κ1) is 11.9. The molecule has 0 bridgehead atoms. The van der Waals surface area contributed by atoms with Crippen LogP contribution in [-0.4, -0.2) is 22.7 Å². The van der Waals surface area contributed by atoms with E-state index in [9.17, 15) is 4.79 Å². The molecule has 4 heteroatoms. The number of fused-ring (bicyclic) bond motifs is 1. The van der Waals surface area contributed by atoms with E-state index >= 15 is 0 Å². The molecule has 1 aliphatic rings. The maximum atomic E-state index is 12.1. The van der Waals surface area contributed by atoms with Crippen LogP contribution in [0.4, 0.5) is 10.5 Å². The lowest BCUT2D eigenvalue weighted by molar-refractivity contribution is 0.0572. The predicted octanol–water partition coefficient (Wildman–Crippen LogP) is 2.77. The van der Waals surface area contributed by atoms with E-state index in [-0.39, 0.29) is 12.1 Å². The first-order chi connectivity index (χ1) is 7.88. The predicted molar refractivity (Wildman–Crippen MR) is 66.1 cm³/mol. The fourth-order valence-electron chi connectivity index (χ4n) is 2.00. The summed E-state index contributed by atoms with van der Waals surface area (Å²) < 4.78 is 5.41. The Kier molecular flexibility index (Phi) is 2.81. The van der Waals surface area contributed by atoms with Crippen LogP contribution in [-0.2, 0) is 11.2 Å². The molecule has 2 rings (SSSR count). The normalized spacial score (nSPS) is 19.1. The first-order valence-electron chi connectivity index (χ1n) is 5.84. The molecule has 0 saturated carbocycles. The third-order valence-corrected chi connectivity index (χ3v) is 2.65. The van der Waals surface area contributed by atoms with Crippen molar-refractivity contribution in [3.05, 3.63) is 24.0 Å². The minimum atomic E-state index is -0.470. The van der Waals surface area contributed by atoms with Crippen LogP contribution in [0.25, 0.3) is 0 Å². The average Bonchev–Trinajstić information content (AvgIpc) is 2.50. The second-order valence-corrected chi connectivity index (χ2v) is 5.37. The highest BCUT2D eigenvalue weighted by Crippen LogP contribution is 2.31. The van der Waals surface area contributed by atoms with E-state index in [4.69, 9.17) is 4.74 Å². The van der Waals surface area contributed by atoms with Crippen molar-refractivity contribution in [3.8, 4) is 0 Å². The molecule has 0 unspecified atom stereocenters. The summed E-state index contributed by atoms with van der Waals surface area (Å²) in [6, 6.07) is 3.86. The van der Waals surface area contributed by atoms with Gasteiger partial charge in [-0.1, -0.05) is 0 Å². The molecular formula is C13H18N2O2. The zero-order valence-electron chi connectivity index (χ0n) is 10.7. The highest BCUT2D eigenvalue weighted by molar-refractivity contribution is 5.90. The van der Waals surface area contributed by atoms with Crippen molar-refractivity contribution in [3.63, 3.8) is 0 Å². The molecule has 2 heterocycles. The van der Waals surface area contributed by atoms with Gasteiger partial charge in [0.25, 0.3) is 0 Å². The summed E-state index contributed by atoms with van der Waals surface area (Å²) in [5.41, 5.74) is 1.36. The summed E-state index contributed by atoms with van der Waals surface area (Å²) in [4.78, 5) is 18.1. The van der Waals surface area contributed by atoms with Gasteiger partial charge in [-0.3, -0.25) is 9.88 Å². The highest BCUT2D eigenvalue weighted by Gasteiger charge is 2.34. The van der Waals surface area contributed by atoms with Crippen molar-refractivity contribution in [2.24, 2.45) is 0 Å². The highest BCUT2D eigenvalue weighted by atomic mass is 16.6. The standard InChI is InChI=1S/C13H18N2O2/c1-9-8-10-11(6-5-7-14-10)15(9)12(16)17-13(2,3)4/h5-7,9H,8H2,1-4H3/t9-/m0/s1. The topological polar surface area (TPSA) is 42.4 Å². The number of anilines is 1. The van der Waals surface area contributed by atoms with Crippen LogP contribution in [0.2, 0.25) is 0 Å². The van der Waals surface area contributed by atoms with Gasteiger partial charge in [-0.05, 0) is 39.8 Å². The van der Waals surface area contributed by atoms with Crippen LogP contribution >= 0.6 is 0 Å². The van der Waals surface area contributed by atoms with Crippen molar-refractivity contribution >= 4 is 11.8 Å². The largest absolute Gasteiger partial charge is 0.443 e. The number of hydrogen-bond donors (Lipinski definition) is 0.